The maximum Gasteiger partial charge on any atom is 0.343 e. The fourth-order valence-corrected chi connectivity index (χ4v) is 3.85. The molecule has 1 fully saturated rings. The number of methoxy groups -OCH3 is 1. The predicted molar refractivity (Wildman–Crippen MR) is 113 cm³/mol. The summed E-state index contributed by atoms with van der Waals surface area (Å²) < 4.78 is 12.6. The molecule has 2 aromatic heterocycles. The molecule has 0 aliphatic heterocycles. The van der Waals surface area contributed by atoms with Crippen molar-refractivity contribution in [2.75, 3.05) is 19.0 Å². The molecule has 0 atom stereocenters. The summed E-state index contributed by atoms with van der Waals surface area (Å²) in [5.74, 6) is 1.29. The van der Waals surface area contributed by atoms with Crippen molar-refractivity contribution >= 4 is 17.4 Å². The van der Waals surface area contributed by atoms with E-state index >= 15 is 0 Å². The van der Waals surface area contributed by atoms with Crippen LogP contribution < -0.4 is 10.1 Å². The number of imidazole rings is 1. The Morgan fingerprint density at radius 1 is 1.34 bits per heavy atom. The largest absolute Gasteiger partial charge is 0.494 e. The van der Waals surface area contributed by atoms with Gasteiger partial charge in [0.25, 0.3) is 0 Å². The van der Waals surface area contributed by atoms with E-state index in [9.17, 15) is 4.79 Å². The van der Waals surface area contributed by atoms with Gasteiger partial charge in [0.05, 0.1) is 13.7 Å². The van der Waals surface area contributed by atoms with E-state index in [1.807, 2.05) is 28.8 Å². The smallest absolute Gasteiger partial charge is 0.343 e. The van der Waals surface area contributed by atoms with Crippen LogP contribution in [-0.2, 0) is 4.74 Å². The first-order valence-corrected chi connectivity index (χ1v) is 10.4. The molecule has 7 nitrogen and oxygen atoms in total. The van der Waals surface area contributed by atoms with E-state index in [4.69, 9.17) is 14.5 Å². The summed E-state index contributed by atoms with van der Waals surface area (Å²) in [7, 11) is 1.38. The van der Waals surface area contributed by atoms with Crippen molar-refractivity contribution in [3.05, 3.63) is 36.0 Å². The van der Waals surface area contributed by atoms with Crippen LogP contribution in [0.5, 0.6) is 5.75 Å². The van der Waals surface area contributed by atoms with E-state index in [1.165, 1.54) is 20.0 Å². The number of carbonyl (C=O) groups excluding carboxylic acids is 1. The highest BCUT2D eigenvalue weighted by atomic mass is 16.5. The number of rotatable bonds is 8. The number of benzene rings is 1. The second-order valence-corrected chi connectivity index (χ2v) is 7.50. The van der Waals surface area contributed by atoms with E-state index in [2.05, 4.69) is 17.3 Å². The molecule has 0 amide bonds. The molecule has 0 bridgehead atoms. The number of fused-ring (bicyclic) bond motifs is 1. The topological polar surface area (TPSA) is 80.7 Å². The first-order valence-electron chi connectivity index (χ1n) is 10.4. The summed E-state index contributed by atoms with van der Waals surface area (Å²) in [6.45, 7) is 2.84. The van der Waals surface area contributed by atoms with Gasteiger partial charge in [-0.25, -0.2) is 14.3 Å². The number of aromatic amines is 1. The van der Waals surface area contributed by atoms with Gasteiger partial charge in [0.15, 0.2) is 11.5 Å². The van der Waals surface area contributed by atoms with Crippen molar-refractivity contribution in [2.45, 2.75) is 51.5 Å². The van der Waals surface area contributed by atoms with Gasteiger partial charge >= 0.3 is 5.97 Å². The van der Waals surface area contributed by atoms with E-state index in [-0.39, 0.29) is 0 Å². The van der Waals surface area contributed by atoms with Gasteiger partial charge < -0.3 is 14.8 Å². The van der Waals surface area contributed by atoms with Crippen molar-refractivity contribution in [2.24, 2.45) is 0 Å². The third kappa shape index (κ3) is 3.95. The molecule has 29 heavy (non-hydrogen) atoms. The van der Waals surface area contributed by atoms with Crippen LogP contribution in [0.1, 0.15) is 55.8 Å². The molecular formula is C22H28N4O3. The highest BCUT2D eigenvalue weighted by Crippen LogP contribution is 2.34. The number of carbonyl (C=O) groups is 1. The van der Waals surface area contributed by atoms with Crippen LogP contribution in [0.25, 0.3) is 16.9 Å². The van der Waals surface area contributed by atoms with Crippen LogP contribution in [0.15, 0.2) is 30.5 Å². The second kappa shape index (κ2) is 8.59. The van der Waals surface area contributed by atoms with Gasteiger partial charge in [0, 0.05) is 17.8 Å². The highest BCUT2D eigenvalue weighted by molar-refractivity contribution is 5.97. The Bertz CT molecular complexity index is 985. The molecule has 3 aromatic rings. The molecule has 0 spiro atoms. The standard InChI is InChI=1S/C22H28N4O3/c1-3-4-12-29-17-11-7-8-15(13-17)19-21(24-16-9-5-6-10-16)26-20(25-19)18(14-23-26)22(27)28-2/h7-8,11,13-14,16,23-24H,3-6,9-10,12H2,1-2H3. The van der Waals surface area contributed by atoms with Gasteiger partial charge in [-0.3, -0.25) is 5.10 Å². The molecular weight excluding hydrogens is 368 g/mol. The van der Waals surface area contributed by atoms with E-state index in [0.29, 0.717) is 23.9 Å². The van der Waals surface area contributed by atoms with Crippen molar-refractivity contribution in [3.8, 4) is 17.0 Å². The molecule has 2 heterocycles. The normalized spacial score (nSPS) is 14.4. The van der Waals surface area contributed by atoms with Crippen LogP contribution in [0.3, 0.4) is 0 Å². The van der Waals surface area contributed by atoms with Crippen LogP contribution in [-0.4, -0.2) is 40.3 Å². The Labute approximate surface area is 170 Å². The zero-order valence-corrected chi connectivity index (χ0v) is 17.0. The highest BCUT2D eigenvalue weighted by Gasteiger charge is 2.24. The molecule has 4 rings (SSSR count). The average molecular weight is 396 g/mol. The van der Waals surface area contributed by atoms with Gasteiger partial charge in [-0.05, 0) is 31.4 Å². The van der Waals surface area contributed by atoms with Gasteiger partial charge in [-0.15, -0.1) is 0 Å². The number of ether oxygens (including phenoxy) is 2. The quantitative estimate of drug-likeness (QED) is 0.428. The van der Waals surface area contributed by atoms with Crippen molar-refractivity contribution < 1.29 is 14.3 Å². The Morgan fingerprint density at radius 3 is 2.93 bits per heavy atom. The monoisotopic (exact) mass is 396 g/mol. The fourth-order valence-electron chi connectivity index (χ4n) is 3.85. The third-order valence-corrected chi connectivity index (χ3v) is 5.43. The minimum atomic E-state index is -0.406. The van der Waals surface area contributed by atoms with Gasteiger partial charge in [0.1, 0.15) is 17.0 Å². The van der Waals surface area contributed by atoms with Crippen LogP contribution in [0.4, 0.5) is 5.82 Å². The molecule has 0 saturated heterocycles. The number of nitrogens with zero attached hydrogens (tertiary/aromatic N) is 2. The summed E-state index contributed by atoms with van der Waals surface area (Å²) in [4.78, 5) is 17.0. The molecule has 0 unspecified atom stereocenters. The Hall–Kier alpha value is -2.96. The van der Waals surface area contributed by atoms with Gasteiger partial charge in [-0.2, -0.15) is 0 Å². The lowest BCUT2D eigenvalue weighted by Crippen LogP contribution is -2.16. The number of H-pyrrole nitrogens is 1. The summed E-state index contributed by atoms with van der Waals surface area (Å²) in [6.07, 6.45) is 8.49. The van der Waals surface area contributed by atoms with Gasteiger partial charge in [0.2, 0.25) is 0 Å². The summed E-state index contributed by atoms with van der Waals surface area (Å²) >= 11 is 0. The van der Waals surface area contributed by atoms with E-state index in [1.54, 1.807) is 6.20 Å². The molecule has 2 N–H and O–H groups in total. The number of hydrogen-bond acceptors (Lipinski definition) is 5. The second-order valence-electron chi connectivity index (χ2n) is 7.50. The number of anilines is 1. The van der Waals surface area contributed by atoms with Crippen molar-refractivity contribution in [1.82, 2.24) is 14.6 Å². The minimum Gasteiger partial charge on any atom is -0.494 e. The molecule has 7 heteroatoms. The lowest BCUT2D eigenvalue weighted by molar-refractivity contribution is 0.0602. The predicted octanol–water partition coefficient (Wildman–Crippen LogP) is 4.65. The van der Waals surface area contributed by atoms with E-state index in [0.717, 1.165) is 48.5 Å². The number of unbranched alkanes of at least 4 members (excludes halogenated alkanes) is 1. The van der Waals surface area contributed by atoms with Crippen molar-refractivity contribution in [1.29, 1.82) is 0 Å². The lowest BCUT2D eigenvalue weighted by atomic mass is 10.1. The minimum absolute atomic E-state index is 0.405. The average Bonchev–Trinajstić information content (AvgIpc) is 3.46. The van der Waals surface area contributed by atoms with Crippen LogP contribution in [0.2, 0.25) is 0 Å². The third-order valence-electron chi connectivity index (χ3n) is 5.43. The lowest BCUT2D eigenvalue weighted by Gasteiger charge is -2.14. The van der Waals surface area contributed by atoms with E-state index < -0.39 is 5.97 Å². The van der Waals surface area contributed by atoms with Crippen LogP contribution >= 0.6 is 0 Å². The molecule has 1 aliphatic carbocycles. The van der Waals surface area contributed by atoms with Gasteiger partial charge in [-0.1, -0.05) is 38.3 Å². The first-order chi connectivity index (χ1) is 14.2. The fraction of sp³-hybridized carbons (Fsp3) is 0.455. The van der Waals surface area contributed by atoms with Crippen LogP contribution in [0, 0.1) is 0 Å². The number of nitrogens with one attached hydrogen (secondary N) is 2. The summed E-state index contributed by atoms with van der Waals surface area (Å²) in [6, 6.07) is 8.37. The maximum atomic E-state index is 12.2. The molecule has 154 valence electrons. The SMILES string of the molecule is CCCCOc1cccc(-c2nc3c(C(=O)OC)c[nH]n3c2NC2CCCC2)c1. The number of hydrogen-bond donors (Lipinski definition) is 2. The Kier molecular flexibility index (Phi) is 5.74. The molecule has 1 aliphatic rings. The zero-order valence-electron chi connectivity index (χ0n) is 17.0. The summed E-state index contributed by atoms with van der Waals surface area (Å²) in [5, 5.41) is 6.80. The zero-order chi connectivity index (χ0) is 20.2. The molecule has 0 radical (unpaired) electrons. The Morgan fingerprint density at radius 2 is 2.17 bits per heavy atom. The molecule has 1 aromatic carbocycles. The first kappa shape index (κ1) is 19.4. The van der Waals surface area contributed by atoms with Crippen molar-refractivity contribution in [3.63, 3.8) is 0 Å². The molecule has 1 saturated carbocycles. The summed E-state index contributed by atoms with van der Waals surface area (Å²) in [5.41, 5.74) is 2.73. The number of aromatic nitrogens is 3. The maximum absolute atomic E-state index is 12.2. The Balaban J connectivity index is 1.74. The number of esters is 1.